The summed E-state index contributed by atoms with van der Waals surface area (Å²) in [4.78, 5) is 2.27. The minimum atomic E-state index is 0.980. The Bertz CT molecular complexity index is 402. The fourth-order valence-electron chi connectivity index (χ4n) is 2.30. The number of hydrogen-bond acceptors (Lipinski definition) is 3. The first-order valence-corrected chi connectivity index (χ1v) is 6.59. The SMILES string of the molecule is CCNCCN(C)c1c(C)cc(C)c(C)c1OC. The average Bonchev–Trinajstić information content (AvgIpc) is 2.33. The molecular weight excluding hydrogens is 224 g/mol. The summed E-state index contributed by atoms with van der Waals surface area (Å²) in [6.07, 6.45) is 0. The molecule has 0 heterocycles. The number of rotatable bonds is 6. The number of methoxy groups -OCH3 is 1. The molecule has 102 valence electrons. The predicted molar refractivity (Wildman–Crippen MR) is 79.0 cm³/mol. The van der Waals surface area contributed by atoms with E-state index in [-0.39, 0.29) is 0 Å². The van der Waals surface area contributed by atoms with Crippen LogP contribution in [0.25, 0.3) is 0 Å². The third kappa shape index (κ3) is 3.16. The van der Waals surface area contributed by atoms with Crippen molar-refractivity contribution in [2.24, 2.45) is 0 Å². The molecule has 0 fully saturated rings. The molecule has 0 bridgehead atoms. The van der Waals surface area contributed by atoms with Gasteiger partial charge in [-0.25, -0.2) is 0 Å². The summed E-state index contributed by atoms with van der Waals surface area (Å²) < 4.78 is 5.60. The summed E-state index contributed by atoms with van der Waals surface area (Å²) in [7, 11) is 3.87. The third-order valence-corrected chi connectivity index (χ3v) is 3.41. The van der Waals surface area contributed by atoms with Crippen LogP contribution in [0.4, 0.5) is 5.69 Å². The molecule has 18 heavy (non-hydrogen) atoms. The molecule has 1 aromatic carbocycles. The maximum absolute atomic E-state index is 5.60. The highest BCUT2D eigenvalue weighted by atomic mass is 16.5. The van der Waals surface area contributed by atoms with Crippen molar-refractivity contribution in [3.63, 3.8) is 0 Å². The number of hydrogen-bond donors (Lipinski definition) is 1. The van der Waals surface area contributed by atoms with Crippen molar-refractivity contribution in [2.45, 2.75) is 27.7 Å². The minimum absolute atomic E-state index is 0.980. The van der Waals surface area contributed by atoms with E-state index in [4.69, 9.17) is 4.74 Å². The van der Waals surface area contributed by atoms with Crippen molar-refractivity contribution in [3.8, 4) is 5.75 Å². The maximum atomic E-state index is 5.60. The van der Waals surface area contributed by atoms with E-state index in [1.165, 1.54) is 22.4 Å². The molecule has 0 atom stereocenters. The zero-order valence-electron chi connectivity index (χ0n) is 12.6. The molecule has 0 aliphatic rings. The standard InChI is InChI=1S/C15H26N2O/c1-7-16-8-9-17(5)14-12(3)10-11(2)13(4)15(14)18-6/h10,16H,7-9H2,1-6H3. The molecule has 0 unspecified atom stereocenters. The molecule has 0 amide bonds. The Kier molecular flexibility index (Phi) is 5.48. The van der Waals surface area contributed by atoms with Gasteiger partial charge in [0.2, 0.25) is 0 Å². The summed E-state index contributed by atoms with van der Waals surface area (Å²) >= 11 is 0. The van der Waals surface area contributed by atoms with E-state index in [2.05, 4.69) is 51.0 Å². The molecule has 0 radical (unpaired) electrons. The van der Waals surface area contributed by atoms with Gasteiger partial charge in [0.1, 0.15) is 5.75 Å². The molecule has 3 nitrogen and oxygen atoms in total. The third-order valence-electron chi connectivity index (χ3n) is 3.41. The van der Waals surface area contributed by atoms with Crippen LogP contribution in [0.15, 0.2) is 6.07 Å². The molecule has 1 rings (SSSR count). The number of anilines is 1. The van der Waals surface area contributed by atoms with E-state index in [1.54, 1.807) is 7.11 Å². The van der Waals surface area contributed by atoms with Gasteiger partial charge in [0.05, 0.1) is 12.8 Å². The van der Waals surface area contributed by atoms with Crippen LogP contribution < -0.4 is 15.0 Å². The monoisotopic (exact) mass is 250 g/mol. The van der Waals surface area contributed by atoms with Gasteiger partial charge in [0.25, 0.3) is 0 Å². The van der Waals surface area contributed by atoms with Crippen LogP contribution >= 0.6 is 0 Å². The second kappa shape index (κ2) is 6.64. The molecule has 0 aliphatic carbocycles. The molecule has 0 saturated carbocycles. The van der Waals surface area contributed by atoms with Crippen molar-refractivity contribution < 1.29 is 4.74 Å². The topological polar surface area (TPSA) is 24.5 Å². The first-order chi connectivity index (χ1) is 8.52. The number of nitrogens with zero attached hydrogens (tertiary/aromatic N) is 1. The molecular formula is C15H26N2O. The van der Waals surface area contributed by atoms with Crippen molar-refractivity contribution >= 4 is 5.69 Å². The lowest BCUT2D eigenvalue weighted by Gasteiger charge is -2.26. The van der Waals surface area contributed by atoms with E-state index in [0.29, 0.717) is 0 Å². The molecule has 0 aliphatic heterocycles. The summed E-state index contributed by atoms with van der Waals surface area (Å²) in [6.45, 7) is 11.5. The van der Waals surface area contributed by atoms with Gasteiger partial charge in [-0.2, -0.15) is 0 Å². The number of benzene rings is 1. The quantitative estimate of drug-likeness (QED) is 0.786. The summed E-state index contributed by atoms with van der Waals surface area (Å²) in [6, 6.07) is 2.23. The van der Waals surface area contributed by atoms with Crippen LogP contribution in [0.5, 0.6) is 5.75 Å². The van der Waals surface area contributed by atoms with E-state index in [1.807, 2.05) is 0 Å². The Balaban J connectivity index is 3.03. The van der Waals surface area contributed by atoms with Gasteiger partial charge in [-0.05, 0) is 44.0 Å². The number of aryl methyl sites for hydroxylation is 2. The molecule has 0 aromatic heterocycles. The second-order valence-electron chi connectivity index (χ2n) is 4.79. The molecule has 3 heteroatoms. The molecule has 1 N–H and O–H groups in total. The fourth-order valence-corrected chi connectivity index (χ4v) is 2.30. The highest BCUT2D eigenvalue weighted by molar-refractivity contribution is 5.67. The van der Waals surface area contributed by atoms with E-state index in [0.717, 1.165) is 25.4 Å². The predicted octanol–water partition coefficient (Wildman–Crippen LogP) is 2.67. The molecule has 0 saturated heterocycles. The normalized spacial score (nSPS) is 10.6. The molecule has 1 aromatic rings. The summed E-state index contributed by atoms with van der Waals surface area (Å²) in [5.74, 6) is 1.01. The van der Waals surface area contributed by atoms with Gasteiger partial charge in [0.15, 0.2) is 0 Å². The second-order valence-corrected chi connectivity index (χ2v) is 4.79. The Hall–Kier alpha value is -1.22. The van der Waals surface area contributed by atoms with Gasteiger partial charge in [-0.3, -0.25) is 0 Å². The largest absolute Gasteiger partial charge is 0.494 e. The lowest BCUT2D eigenvalue weighted by atomic mass is 10.0. The first kappa shape index (κ1) is 14.8. The lowest BCUT2D eigenvalue weighted by molar-refractivity contribution is 0.411. The van der Waals surface area contributed by atoms with E-state index in [9.17, 15) is 0 Å². The van der Waals surface area contributed by atoms with Crippen LogP contribution in [-0.2, 0) is 0 Å². The summed E-state index contributed by atoms with van der Waals surface area (Å²) in [5, 5.41) is 3.35. The minimum Gasteiger partial charge on any atom is -0.494 e. The Morgan fingerprint density at radius 3 is 2.44 bits per heavy atom. The van der Waals surface area contributed by atoms with Crippen molar-refractivity contribution in [3.05, 3.63) is 22.8 Å². The average molecular weight is 250 g/mol. The van der Waals surface area contributed by atoms with Crippen LogP contribution in [0, 0.1) is 20.8 Å². The number of nitrogens with one attached hydrogen (secondary N) is 1. The van der Waals surface area contributed by atoms with Crippen LogP contribution in [0.2, 0.25) is 0 Å². The van der Waals surface area contributed by atoms with Gasteiger partial charge >= 0.3 is 0 Å². The Morgan fingerprint density at radius 1 is 1.22 bits per heavy atom. The van der Waals surface area contributed by atoms with E-state index < -0.39 is 0 Å². The smallest absolute Gasteiger partial charge is 0.145 e. The fraction of sp³-hybridized carbons (Fsp3) is 0.600. The summed E-state index contributed by atoms with van der Waals surface area (Å²) in [5.41, 5.74) is 4.99. The van der Waals surface area contributed by atoms with Gasteiger partial charge in [0, 0.05) is 20.1 Å². The number of likely N-dealkylation sites (N-methyl/N-ethyl adjacent to an activating group) is 2. The first-order valence-electron chi connectivity index (χ1n) is 6.59. The van der Waals surface area contributed by atoms with Crippen molar-refractivity contribution in [1.29, 1.82) is 0 Å². The Morgan fingerprint density at radius 2 is 1.89 bits per heavy atom. The van der Waals surface area contributed by atoms with Crippen molar-refractivity contribution in [2.75, 3.05) is 38.7 Å². The molecule has 0 spiro atoms. The van der Waals surface area contributed by atoms with Crippen LogP contribution in [-0.4, -0.2) is 33.8 Å². The van der Waals surface area contributed by atoms with E-state index >= 15 is 0 Å². The lowest BCUT2D eigenvalue weighted by Crippen LogP contribution is -2.29. The highest BCUT2D eigenvalue weighted by Crippen LogP contribution is 2.36. The van der Waals surface area contributed by atoms with Gasteiger partial charge in [-0.15, -0.1) is 0 Å². The van der Waals surface area contributed by atoms with Gasteiger partial charge in [-0.1, -0.05) is 13.0 Å². The van der Waals surface area contributed by atoms with Crippen LogP contribution in [0.3, 0.4) is 0 Å². The van der Waals surface area contributed by atoms with Crippen LogP contribution in [0.1, 0.15) is 23.6 Å². The Labute approximate surface area is 111 Å². The zero-order valence-corrected chi connectivity index (χ0v) is 12.6. The number of ether oxygens (including phenoxy) is 1. The van der Waals surface area contributed by atoms with Gasteiger partial charge < -0.3 is 15.0 Å². The highest BCUT2D eigenvalue weighted by Gasteiger charge is 2.15. The maximum Gasteiger partial charge on any atom is 0.145 e. The van der Waals surface area contributed by atoms with Crippen molar-refractivity contribution in [1.82, 2.24) is 5.32 Å². The zero-order chi connectivity index (χ0) is 13.7.